The summed E-state index contributed by atoms with van der Waals surface area (Å²) in [6.45, 7) is 7.83. The SMILES string of the molecule is Cc1ccc(C(=O)Nc2cccc(-c3ccc(OC(C)C)nn3)c2)c(C)c1. The van der Waals surface area contributed by atoms with Crippen molar-refractivity contribution < 1.29 is 9.53 Å². The molecule has 138 valence electrons. The van der Waals surface area contributed by atoms with Gasteiger partial charge in [0, 0.05) is 22.9 Å². The maximum absolute atomic E-state index is 12.6. The Labute approximate surface area is 159 Å². The molecule has 1 aromatic heterocycles. The highest BCUT2D eigenvalue weighted by atomic mass is 16.5. The van der Waals surface area contributed by atoms with E-state index in [-0.39, 0.29) is 12.0 Å². The van der Waals surface area contributed by atoms with Crippen molar-refractivity contribution >= 4 is 11.6 Å². The Morgan fingerprint density at radius 3 is 2.48 bits per heavy atom. The van der Waals surface area contributed by atoms with Gasteiger partial charge in [0.15, 0.2) is 0 Å². The van der Waals surface area contributed by atoms with E-state index >= 15 is 0 Å². The first-order valence-corrected chi connectivity index (χ1v) is 8.92. The number of aromatic nitrogens is 2. The molecule has 1 amide bonds. The molecule has 0 spiro atoms. The predicted octanol–water partition coefficient (Wildman–Crippen LogP) is 4.80. The molecular formula is C22H23N3O2. The smallest absolute Gasteiger partial charge is 0.255 e. The van der Waals surface area contributed by atoms with E-state index < -0.39 is 0 Å². The van der Waals surface area contributed by atoms with Crippen LogP contribution in [0.25, 0.3) is 11.3 Å². The number of aryl methyl sites for hydroxylation is 2. The van der Waals surface area contributed by atoms with Gasteiger partial charge < -0.3 is 10.1 Å². The summed E-state index contributed by atoms with van der Waals surface area (Å²) in [6, 6.07) is 17.0. The minimum absolute atomic E-state index is 0.0499. The van der Waals surface area contributed by atoms with E-state index in [9.17, 15) is 4.79 Å². The minimum atomic E-state index is -0.128. The fraction of sp³-hybridized carbons (Fsp3) is 0.227. The molecule has 0 saturated heterocycles. The summed E-state index contributed by atoms with van der Waals surface area (Å²) in [4.78, 5) is 12.6. The zero-order valence-corrected chi connectivity index (χ0v) is 16.0. The summed E-state index contributed by atoms with van der Waals surface area (Å²) >= 11 is 0. The van der Waals surface area contributed by atoms with Gasteiger partial charge >= 0.3 is 0 Å². The second-order valence-electron chi connectivity index (χ2n) is 6.78. The lowest BCUT2D eigenvalue weighted by Gasteiger charge is -2.10. The largest absolute Gasteiger partial charge is 0.474 e. The van der Waals surface area contributed by atoms with E-state index in [1.54, 1.807) is 6.07 Å². The lowest BCUT2D eigenvalue weighted by molar-refractivity contribution is 0.102. The van der Waals surface area contributed by atoms with E-state index in [1.165, 1.54) is 0 Å². The number of anilines is 1. The Balaban J connectivity index is 1.78. The van der Waals surface area contributed by atoms with Crippen molar-refractivity contribution in [1.82, 2.24) is 10.2 Å². The zero-order chi connectivity index (χ0) is 19.4. The van der Waals surface area contributed by atoms with Gasteiger partial charge in [-0.15, -0.1) is 10.2 Å². The van der Waals surface area contributed by atoms with Crippen molar-refractivity contribution in [2.75, 3.05) is 5.32 Å². The van der Waals surface area contributed by atoms with Gasteiger partial charge in [-0.2, -0.15) is 0 Å². The molecule has 1 N–H and O–H groups in total. The molecule has 27 heavy (non-hydrogen) atoms. The quantitative estimate of drug-likeness (QED) is 0.709. The molecule has 5 heteroatoms. The minimum Gasteiger partial charge on any atom is -0.474 e. The maximum atomic E-state index is 12.6. The van der Waals surface area contributed by atoms with Crippen molar-refractivity contribution in [2.45, 2.75) is 33.8 Å². The molecule has 0 saturated carbocycles. The zero-order valence-electron chi connectivity index (χ0n) is 16.0. The van der Waals surface area contributed by atoms with Crippen molar-refractivity contribution in [3.8, 4) is 17.1 Å². The number of ether oxygens (including phenoxy) is 1. The van der Waals surface area contributed by atoms with E-state index in [1.807, 2.05) is 76.2 Å². The number of amides is 1. The van der Waals surface area contributed by atoms with Gasteiger partial charge in [-0.1, -0.05) is 29.8 Å². The molecule has 3 rings (SSSR count). The van der Waals surface area contributed by atoms with Crippen LogP contribution in [-0.2, 0) is 0 Å². The van der Waals surface area contributed by atoms with Gasteiger partial charge in [-0.25, -0.2) is 0 Å². The second-order valence-corrected chi connectivity index (χ2v) is 6.78. The molecule has 0 unspecified atom stereocenters. The van der Waals surface area contributed by atoms with Crippen LogP contribution in [0.15, 0.2) is 54.6 Å². The third-order valence-electron chi connectivity index (χ3n) is 4.04. The molecule has 0 aliphatic rings. The molecule has 0 aliphatic carbocycles. The van der Waals surface area contributed by atoms with Crippen LogP contribution in [0.1, 0.15) is 35.3 Å². The summed E-state index contributed by atoms with van der Waals surface area (Å²) in [5, 5.41) is 11.3. The van der Waals surface area contributed by atoms with Crippen molar-refractivity contribution in [3.63, 3.8) is 0 Å². The van der Waals surface area contributed by atoms with Crippen LogP contribution >= 0.6 is 0 Å². The van der Waals surface area contributed by atoms with Gasteiger partial charge in [0.1, 0.15) is 0 Å². The predicted molar refractivity (Wildman–Crippen MR) is 107 cm³/mol. The van der Waals surface area contributed by atoms with Crippen LogP contribution in [0, 0.1) is 13.8 Å². The van der Waals surface area contributed by atoms with Gasteiger partial charge in [0.05, 0.1) is 11.8 Å². The number of nitrogens with one attached hydrogen (secondary N) is 1. The first kappa shape index (κ1) is 18.6. The van der Waals surface area contributed by atoms with E-state index in [0.717, 1.165) is 16.7 Å². The van der Waals surface area contributed by atoms with Crippen LogP contribution in [0.4, 0.5) is 5.69 Å². The van der Waals surface area contributed by atoms with Crippen molar-refractivity contribution in [3.05, 3.63) is 71.3 Å². The number of hydrogen-bond acceptors (Lipinski definition) is 4. The lowest BCUT2D eigenvalue weighted by Crippen LogP contribution is -2.13. The van der Waals surface area contributed by atoms with Crippen LogP contribution < -0.4 is 10.1 Å². The fourth-order valence-electron chi connectivity index (χ4n) is 2.80. The summed E-state index contributed by atoms with van der Waals surface area (Å²) < 4.78 is 5.52. The van der Waals surface area contributed by atoms with Gasteiger partial charge in [-0.3, -0.25) is 4.79 Å². The van der Waals surface area contributed by atoms with Crippen LogP contribution in [-0.4, -0.2) is 22.2 Å². The number of rotatable bonds is 5. The Morgan fingerprint density at radius 2 is 1.81 bits per heavy atom. The summed E-state index contributed by atoms with van der Waals surface area (Å²) in [6.07, 6.45) is 0.0499. The van der Waals surface area contributed by atoms with Crippen LogP contribution in [0.5, 0.6) is 5.88 Å². The third kappa shape index (κ3) is 4.70. The third-order valence-corrected chi connectivity index (χ3v) is 4.04. The Morgan fingerprint density at radius 1 is 1.00 bits per heavy atom. The highest BCUT2D eigenvalue weighted by Crippen LogP contribution is 2.22. The topological polar surface area (TPSA) is 64.1 Å². The van der Waals surface area contributed by atoms with E-state index in [2.05, 4.69) is 15.5 Å². The Hall–Kier alpha value is -3.21. The molecule has 5 nitrogen and oxygen atoms in total. The highest BCUT2D eigenvalue weighted by Gasteiger charge is 2.10. The van der Waals surface area contributed by atoms with Gasteiger partial charge in [0.25, 0.3) is 5.91 Å². The molecule has 2 aromatic carbocycles. The number of carbonyl (C=O) groups excluding carboxylic acids is 1. The Bertz CT molecular complexity index is 950. The highest BCUT2D eigenvalue weighted by molar-refractivity contribution is 6.05. The number of benzene rings is 2. The first-order valence-electron chi connectivity index (χ1n) is 8.92. The van der Waals surface area contributed by atoms with Crippen LogP contribution in [0.2, 0.25) is 0 Å². The summed E-state index contributed by atoms with van der Waals surface area (Å²) in [7, 11) is 0. The lowest BCUT2D eigenvalue weighted by atomic mass is 10.0. The molecular weight excluding hydrogens is 338 g/mol. The van der Waals surface area contributed by atoms with Crippen molar-refractivity contribution in [1.29, 1.82) is 0 Å². The normalized spacial score (nSPS) is 10.7. The molecule has 1 heterocycles. The standard InChI is InChI=1S/C22H23N3O2/c1-14(2)27-21-11-10-20(24-25-21)17-6-5-7-18(13-17)23-22(26)19-9-8-15(3)12-16(19)4/h5-14H,1-4H3,(H,23,26). The Kier molecular flexibility index (Phi) is 5.50. The first-order chi connectivity index (χ1) is 12.9. The second kappa shape index (κ2) is 7.99. The average Bonchev–Trinajstić information content (AvgIpc) is 2.62. The van der Waals surface area contributed by atoms with Gasteiger partial charge in [-0.05, 0) is 57.5 Å². The molecule has 0 bridgehead atoms. The average molecular weight is 361 g/mol. The monoisotopic (exact) mass is 361 g/mol. The maximum Gasteiger partial charge on any atom is 0.255 e. The number of hydrogen-bond donors (Lipinski definition) is 1. The fourth-order valence-corrected chi connectivity index (χ4v) is 2.80. The molecule has 3 aromatic rings. The van der Waals surface area contributed by atoms with E-state index in [0.29, 0.717) is 22.8 Å². The molecule has 0 radical (unpaired) electrons. The molecule has 0 aliphatic heterocycles. The summed E-state index contributed by atoms with van der Waals surface area (Å²) in [5.74, 6) is 0.365. The van der Waals surface area contributed by atoms with Crippen LogP contribution in [0.3, 0.4) is 0 Å². The number of nitrogens with zero attached hydrogens (tertiary/aromatic N) is 2. The molecule has 0 fully saturated rings. The van der Waals surface area contributed by atoms with Gasteiger partial charge in [0.2, 0.25) is 5.88 Å². The van der Waals surface area contributed by atoms with Crippen molar-refractivity contribution in [2.24, 2.45) is 0 Å². The summed E-state index contributed by atoms with van der Waals surface area (Å²) in [5.41, 5.74) is 5.05. The molecule has 0 atom stereocenters. The van der Waals surface area contributed by atoms with E-state index in [4.69, 9.17) is 4.74 Å². The number of carbonyl (C=O) groups is 1.